The summed E-state index contributed by atoms with van der Waals surface area (Å²) in [7, 11) is 1.89. The van der Waals surface area contributed by atoms with E-state index in [4.69, 9.17) is 15.1 Å². The number of nitrogens with one attached hydrogen (secondary N) is 2. The molecule has 0 radical (unpaired) electrons. The van der Waals surface area contributed by atoms with E-state index in [2.05, 4.69) is 15.7 Å². The van der Waals surface area contributed by atoms with Crippen LogP contribution >= 0.6 is 0 Å². The molecule has 1 atom stereocenters. The lowest BCUT2D eigenvalue weighted by molar-refractivity contribution is -0.121. The van der Waals surface area contributed by atoms with Gasteiger partial charge in [0, 0.05) is 24.7 Å². The predicted octanol–water partition coefficient (Wildman–Crippen LogP) is 2.07. The fourth-order valence-corrected chi connectivity index (χ4v) is 3.71. The standard InChI is InChI=1S/C20H22N8O/c1-12-14(11-22-27(12)2)17-25-18-13-7-3-4-8-15(13)23-20(28(18)26-17)24-16-9-5-6-10-21-19(16)29/h3-4,7-8,11,16H,5-6,9-10H2,1-2H3,(H,21,29)(H,23,24)/t16-/m1/s1. The minimum atomic E-state index is -0.345. The van der Waals surface area contributed by atoms with Crippen LogP contribution in [0.5, 0.6) is 0 Å². The number of nitrogens with zero attached hydrogens (tertiary/aromatic N) is 6. The largest absolute Gasteiger partial charge is 0.354 e. The van der Waals surface area contributed by atoms with E-state index in [0.29, 0.717) is 24.0 Å². The summed E-state index contributed by atoms with van der Waals surface area (Å²) >= 11 is 0. The maximum absolute atomic E-state index is 12.4. The van der Waals surface area contributed by atoms with Crippen LogP contribution < -0.4 is 10.6 Å². The van der Waals surface area contributed by atoms with Crippen molar-refractivity contribution in [3.63, 3.8) is 0 Å². The van der Waals surface area contributed by atoms with E-state index < -0.39 is 0 Å². The Balaban J connectivity index is 1.67. The van der Waals surface area contributed by atoms with Crippen LogP contribution in [0.4, 0.5) is 5.95 Å². The molecular formula is C20H22N8O. The number of amides is 1. The molecular weight excluding hydrogens is 368 g/mol. The molecule has 3 aromatic heterocycles. The molecule has 1 aliphatic rings. The Morgan fingerprint density at radius 1 is 1.21 bits per heavy atom. The third-order valence-corrected chi connectivity index (χ3v) is 5.49. The Kier molecular flexibility index (Phi) is 4.15. The van der Waals surface area contributed by atoms with Gasteiger partial charge in [0.05, 0.1) is 17.3 Å². The van der Waals surface area contributed by atoms with E-state index in [-0.39, 0.29) is 11.9 Å². The molecule has 1 fully saturated rings. The molecule has 0 aliphatic carbocycles. The predicted molar refractivity (Wildman–Crippen MR) is 109 cm³/mol. The zero-order valence-corrected chi connectivity index (χ0v) is 16.4. The number of benzene rings is 1. The molecule has 1 aliphatic heterocycles. The Bertz CT molecular complexity index is 1220. The van der Waals surface area contributed by atoms with Crippen molar-refractivity contribution in [3.8, 4) is 11.4 Å². The quantitative estimate of drug-likeness (QED) is 0.555. The van der Waals surface area contributed by atoms with Crippen LogP contribution in [0.2, 0.25) is 0 Å². The van der Waals surface area contributed by atoms with Gasteiger partial charge in [-0.25, -0.2) is 9.97 Å². The molecule has 4 heterocycles. The van der Waals surface area contributed by atoms with Crippen molar-refractivity contribution < 1.29 is 4.79 Å². The van der Waals surface area contributed by atoms with Crippen molar-refractivity contribution in [2.75, 3.05) is 11.9 Å². The Labute approximate surface area is 167 Å². The lowest BCUT2D eigenvalue weighted by Gasteiger charge is -2.16. The minimum absolute atomic E-state index is 0.00551. The highest BCUT2D eigenvalue weighted by molar-refractivity contribution is 5.93. The van der Waals surface area contributed by atoms with E-state index >= 15 is 0 Å². The van der Waals surface area contributed by atoms with Gasteiger partial charge in [-0.05, 0) is 38.3 Å². The summed E-state index contributed by atoms with van der Waals surface area (Å²) in [5.41, 5.74) is 3.36. The van der Waals surface area contributed by atoms with Crippen LogP contribution in [0.1, 0.15) is 25.0 Å². The lowest BCUT2D eigenvalue weighted by atomic mass is 10.1. The first-order valence-electron chi connectivity index (χ1n) is 9.80. The van der Waals surface area contributed by atoms with E-state index in [1.165, 1.54) is 0 Å². The van der Waals surface area contributed by atoms with Gasteiger partial charge in [-0.3, -0.25) is 9.48 Å². The smallest absolute Gasteiger partial charge is 0.242 e. The molecule has 2 N–H and O–H groups in total. The second-order valence-electron chi connectivity index (χ2n) is 7.37. The normalized spacial score (nSPS) is 17.4. The van der Waals surface area contributed by atoms with E-state index in [9.17, 15) is 4.79 Å². The lowest BCUT2D eigenvalue weighted by Crippen LogP contribution is -2.38. The summed E-state index contributed by atoms with van der Waals surface area (Å²) in [5, 5.41) is 16.2. The maximum atomic E-state index is 12.4. The number of carbonyl (C=O) groups is 1. The fourth-order valence-electron chi connectivity index (χ4n) is 3.71. The number of hydrogen-bond acceptors (Lipinski definition) is 6. The third kappa shape index (κ3) is 2.98. The second-order valence-corrected chi connectivity index (χ2v) is 7.37. The van der Waals surface area contributed by atoms with Gasteiger partial charge in [-0.1, -0.05) is 12.1 Å². The minimum Gasteiger partial charge on any atom is -0.354 e. The highest BCUT2D eigenvalue weighted by Gasteiger charge is 2.24. The molecule has 5 rings (SSSR count). The zero-order chi connectivity index (χ0) is 20.0. The SMILES string of the molecule is Cc1c(-c2nc3c4ccccc4nc(N[C@@H]4CCCCNC4=O)n3n2)cnn1C. The average Bonchev–Trinajstić information content (AvgIpc) is 3.24. The number of aromatic nitrogens is 6. The van der Waals surface area contributed by atoms with Gasteiger partial charge in [0.1, 0.15) is 6.04 Å². The van der Waals surface area contributed by atoms with Crippen LogP contribution in [-0.2, 0) is 11.8 Å². The van der Waals surface area contributed by atoms with Gasteiger partial charge in [0.2, 0.25) is 11.9 Å². The first-order chi connectivity index (χ1) is 14.1. The molecule has 0 spiro atoms. The summed E-state index contributed by atoms with van der Waals surface area (Å²) in [6.45, 7) is 2.70. The fraction of sp³-hybridized carbons (Fsp3) is 0.350. The van der Waals surface area contributed by atoms with Gasteiger partial charge in [0.15, 0.2) is 11.5 Å². The van der Waals surface area contributed by atoms with Crippen LogP contribution in [0.25, 0.3) is 27.9 Å². The Morgan fingerprint density at radius 3 is 2.90 bits per heavy atom. The number of anilines is 1. The van der Waals surface area contributed by atoms with Crippen molar-refractivity contribution >= 4 is 28.4 Å². The summed E-state index contributed by atoms with van der Waals surface area (Å²) in [6, 6.07) is 7.48. The van der Waals surface area contributed by atoms with E-state index in [0.717, 1.165) is 41.4 Å². The third-order valence-electron chi connectivity index (χ3n) is 5.49. The maximum Gasteiger partial charge on any atom is 0.242 e. The molecule has 0 saturated carbocycles. The topological polar surface area (TPSA) is 102 Å². The van der Waals surface area contributed by atoms with Crippen molar-refractivity contribution in [2.45, 2.75) is 32.2 Å². The van der Waals surface area contributed by atoms with Gasteiger partial charge < -0.3 is 10.6 Å². The highest BCUT2D eigenvalue weighted by atomic mass is 16.2. The molecule has 29 heavy (non-hydrogen) atoms. The van der Waals surface area contributed by atoms with Gasteiger partial charge in [-0.2, -0.15) is 9.61 Å². The first-order valence-corrected chi connectivity index (χ1v) is 9.80. The Morgan fingerprint density at radius 2 is 2.07 bits per heavy atom. The molecule has 9 nitrogen and oxygen atoms in total. The second kappa shape index (κ2) is 6.84. The number of para-hydroxylation sites is 1. The summed E-state index contributed by atoms with van der Waals surface area (Å²) in [5.74, 6) is 1.09. The molecule has 1 amide bonds. The van der Waals surface area contributed by atoms with Crippen molar-refractivity contribution in [1.29, 1.82) is 0 Å². The number of aryl methyl sites for hydroxylation is 1. The number of hydrogen-bond donors (Lipinski definition) is 2. The highest BCUT2D eigenvalue weighted by Crippen LogP contribution is 2.26. The average molecular weight is 390 g/mol. The Hall–Kier alpha value is -3.49. The number of carbonyl (C=O) groups excluding carboxylic acids is 1. The number of rotatable bonds is 3. The van der Waals surface area contributed by atoms with E-state index in [1.807, 2.05) is 38.2 Å². The van der Waals surface area contributed by atoms with Gasteiger partial charge in [0.25, 0.3) is 0 Å². The van der Waals surface area contributed by atoms with E-state index in [1.54, 1.807) is 15.4 Å². The number of fused-ring (bicyclic) bond motifs is 3. The summed E-state index contributed by atoms with van der Waals surface area (Å²) in [6.07, 6.45) is 4.49. The summed E-state index contributed by atoms with van der Waals surface area (Å²) in [4.78, 5) is 22.0. The molecule has 1 saturated heterocycles. The molecule has 148 valence electrons. The van der Waals surface area contributed by atoms with Crippen molar-refractivity contribution in [3.05, 3.63) is 36.2 Å². The van der Waals surface area contributed by atoms with Crippen molar-refractivity contribution in [2.24, 2.45) is 7.05 Å². The molecule has 0 bridgehead atoms. The van der Waals surface area contributed by atoms with Crippen molar-refractivity contribution in [1.82, 2.24) is 34.7 Å². The first kappa shape index (κ1) is 17.6. The van der Waals surface area contributed by atoms with Crippen LogP contribution in [0, 0.1) is 6.92 Å². The van der Waals surface area contributed by atoms with Crippen LogP contribution in [0.15, 0.2) is 30.5 Å². The monoisotopic (exact) mass is 390 g/mol. The van der Waals surface area contributed by atoms with Crippen LogP contribution in [-0.4, -0.2) is 47.9 Å². The van der Waals surface area contributed by atoms with Gasteiger partial charge in [-0.15, -0.1) is 5.10 Å². The summed E-state index contributed by atoms with van der Waals surface area (Å²) < 4.78 is 3.49. The molecule has 1 aromatic carbocycles. The zero-order valence-electron chi connectivity index (χ0n) is 16.4. The molecule has 0 unspecified atom stereocenters. The van der Waals surface area contributed by atoms with Crippen LogP contribution in [0.3, 0.4) is 0 Å². The van der Waals surface area contributed by atoms with Gasteiger partial charge >= 0.3 is 0 Å². The molecule has 4 aromatic rings. The molecule has 9 heteroatoms.